The molecule has 0 aliphatic heterocycles. The highest BCUT2D eigenvalue weighted by Gasteiger charge is 2.21. The van der Waals surface area contributed by atoms with Gasteiger partial charge >= 0.3 is 0 Å². The van der Waals surface area contributed by atoms with Crippen LogP contribution in [-0.2, 0) is 4.79 Å². The third-order valence-electron chi connectivity index (χ3n) is 5.63. The lowest BCUT2D eigenvalue weighted by atomic mass is 10.0. The van der Waals surface area contributed by atoms with E-state index in [2.05, 4.69) is 20.3 Å². The van der Waals surface area contributed by atoms with Crippen LogP contribution in [0, 0.1) is 5.92 Å². The topological polar surface area (TPSA) is 143 Å². The number of methoxy groups -OCH3 is 1. The lowest BCUT2D eigenvalue weighted by Gasteiger charge is -2.17. The average Bonchev–Trinajstić information content (AvgIpc) is 3.26. The number of nitrogens with zero attached hydrogens (tertiary/aromatic N) is 2. The molecule has 1 atom stereocenters. The van der Waals surface area contributed by atoms with Gasteiger partial charge in [-0.05, 0) is 60.4 Å². The first kappa shape index (κ1) is 23.7. The largest absolute Gasteiger partial charge is 0.507 e. The molecule has 0 spiro atoms. The number of primary amides is 1. The molecule has 4 aromatic rings. The average molecular weight is 474 g/mol. The second-order valence-corrected chi connectivity index (χ2v) is 8.67. The van der Waals surface area contributed by atoms with Gasteiger partial charge in [-0.2, -0.15) is 0 Å². The molecule has 0 saturated carbocycles. The second kappa shape index (κ2) is 9.84. The summed E-state index contributed by atoms with van der Waals surface area (Å²) in [6.07, 6.45) is 2.10. The van der Waals surface area contributed by atoms with Gasteiger partial charge in [-0.3, -0.25) is 9.59 Å². The molecule has 0 bridgehead atoms. The van der Waals surface area contributed by atoms with Crippen molar-refractivity contribution >= 4 is 22.8 Å². The predicted molar refractivity (Wildman–Crippen MR) is 133 cm³/mol. The van der Waals surface area contributed by atoms with Crippen molar-refractivity contribution in [1.82, 2.24) is 20.3 Å². The maximum Gasteiger partial charge on any atom is 0.252 e. The van der Waals surface area contributed by atoms with Crippen molar-refractivity contribution in [2.45, 2.75) is 26.3 Å². The van der Waals surface area contributed by atoms with Gasteiger partial charge in [0.1, 0.15) is 17.6 Å². The maximum absolute atomic E-state index is 12.8. The molecular formula is C26H27N5O4. The second-order valence-electron chi connectivity index (χ2n) is 8.67. The molecule has 180 valence electrons. The number of hydrogen-bond donors (Lipinski definition) is 4. The van der Waals surface area contributed by atoms with Crippen LogP contribution in [0.25, 0.3) is 33.5 Å². The van der Waals surface area contributed by atoms with Crippen molar-refractivity contribution in [2.24, 2.45) is 11.7 Å². The molecule has 9 nitrogen and oxygen atoms in total. The summed E-state index contributed by atoms with van der Waals surface area (Å²) in [4.78, 5) is 36.5. The van der Waals surface area contributed by atoms with Crippen LogP contribution in [-0.4, -0.2) is 45.0 Å². The molecule has 2 heterocycles. The number of hydrogen-bond acceptors (Lipinski definition) is 6. The Bertz CT molecular complexity index is 1400. The van der Waals surface area contributed by atoms with Crippen LogP contribution in [0.3, 0.4) is 0 Å². The number of H-pyrrole nitrogens is 1. The van der Waals surface area contributed by atoms with Crippen LogP contribution < -0.4 is 15.8 Å². The van der Waals surface area contributed by atoms with Gasteiger partial charge in [-0.1, -0.05) is 19.9 Å². The van der Waals surface area contributed by atoms with Crippen molar-refractivity contribution in [2.75, 3.05) is 7.11 Å². The van der Waals surface area contributed by atoms with Gasteiger partial charge in [0.05, 0.1) is 23.7 Å². The molecule has 2 aromatic carbocycles. The molecule has 2 amide bonds. The summed E-state index contributed by atoms with van der Waals surface area (Å²) in [5.74, 6) is 0.177. The van der Waals surface area contributed by atoms with Gasteiger partial charge < -0.3 is 25.9 Å². The minimum Gasteiger partial charge on any atom is -0.507 e. The standard InChI is InChI=1S/C26H27N5O4/c1-14(2)11-21(23(27)33)31-25(34)16-6-8-19-20(13-16)30-24(29-19)18-12-15(7-9-22(18)32)17-5-4-10-28-26(17)35-3/h4-10,12-14,21,32H,11H2,1-3H3,(H2,27,33)(H,29,30)(H,31,34). The Morgan fingerprint density at radius 1 is 1.14 bits per heavy atom. The number of ether oxygens (including phenoxy) is 1. The molecule has 2 aromatic heterocycles. The van der Waals surface area contributed by atoms with Gasteiger partial charge in [0, 0.05) is 17.3 Å². The molecule has 9 heteroatoms. The predicted octanol–water partition coefficient (Wildman–Crippen LogP) is 3.64. The number of amides is 2. The van der Waals surface area contributed by atoms with E-state index in [1.54, 1.807) is 49.7 Å². The van der Waals surface area contributed by atoms with Gasteiger partial charge in [0.25, 0.3) is 5.91 Å². The van der Waals surface area contributed by atoms with E-state index in [9.17, 15) is 14.7 Å². The fraction of sp³-hybridized carbons (Fsp3) is 0.231. The Morgan fingerprint density at radius 2 is 1.94 bits per heavy atom. The van der Waals surface area contributed by atoms with Crippen LogP contribution >= 0.6 is 0 Å². The van der Waals surface area contributed by atoms with E-state index in [0.29, 0.717) is 40.3 Å². The quantitative estimate of drug-likeness (QED) is 0.308. The van der Waals surface area contributed by atoms with Crippen LogP contribution in [0.2, 0.25) is 0 Å². The fourth-order valence-corrected chi connectivity index (χ4v) is 3.90. The van der Waals surface area contributed by atoms with Crippen LogP contribution in [0.5, 0.6) is 11.6 Å². The first-order valence-electron chi connectivity index (χ1n) is 11.2. The number of carbonyl (C=O) groups is 2. The smallest absolute Gasteiger partial charge is 0.252 e. The van der Waals surface area contributed by atoms with Gasteiger partial charge in [-0.15, -0.1) is 0 Å². The lowest BCUT2D eigenvalue weighted by molar-refractivity contribution is -0.120. The van der Waals surface area contributed by atoms with Crippen molar-refractivity contribution in [3.63, 3.8) is 0 Å². The van der Waals surface area contributed by atoms with Gasteiger partial charge in [-0.25, -0.2) is 9.97 Å². The number of phenols is 1. The number of phenolic OH excluding ortho intramolecular Hbond substituents is 1. The summed E-state index contributed by atoms with van der Waals surface area (Å²) < 4.78 is 5.36. The summed E-state index contributed by atoms with van der Waals surface area (Å²) in [5, 5.41) is 13.2. The number of aromatic hydroxyl groups is 1. The van der Waals surface area contributed by atoms with E-state index in [4.69, 9.17) is 10.5 Å². The van der Waals surface area contributed by atoms with E-state index in [-0.39, 0.29) is 11.7 Å². The zero-order chi connectivity index (χ0) is 25.1. The first-order valence-corrected chi connectivity index (χ1v) is 11.2. The van der Waals surface area contributed by atoms with E-state index in [0.717, 1.165) is 11.1 Å². The van der Waals surface area contributed by atoms with Gasteiger partial charge in [0.15, 0.2) is 0 Å². The Hall–Kier alpha value is -4.40. The van der Waals surface area contributed by atoms with E-state index in [1.807, 2.05) is 26.0 Å². The first-order chi connectivity index (χ1) is 16.8. The summed E-state index contributed by atoms with van der Waals surface area (Å²) in [7, 11) is 1.55. The number of pyridine rings is 1. The molecule has 35 heavy (non-hydrogen) atoms. The molecular weight excluding hydrogens is 446 g/mol. The Morgan fingerprint density at radius 3 is 2.66 bits per heavy atom. The molecule has 1 unspecified atom stereocenters. The number of nitrogens with two attached hydrogens (primary N) is 1. The zero-order valence-electron chi connectivity index (χ0n) is 19.7. The van der Waals surface area contributed by atoms with Crippen molar-refractivity contribution < 1.29 is 19.4 Å². The number of rotatable bonds is 8. The zero-order valence-corrected chi connectivity index (χ0v) is 19.7. The molecule has 0 aliphatic carbocycles. The number of benzene rings is 2. The highest BCUT2D eigenvalue weighted by atomic mass is 16.5. The third kappa shape index (κ3) is 5.08. The Kier molecular flexibility index (Phi) is 6.68. The number of aromatic amines is 1. The van der Waals surface area contributed by atoms with Crippen molar-refractivity contribution in [3.05, 3.63) is 60.3 Å². The van der Waals surface area contributed by atoms with Crippen LogP contribution in [0.4, 0.5) is 0 Å². The Labute approximate surface area is 202 Å². The molecule has 0 fully saturated rings. The number of imidazole rings is 1. The number of carbonyl (C=O) groups excluding carboxylic acids is 2. The van der Waals surface area contributed by atoms with Crippen molar-refractivity contribution in [3.8, 4) is 34.1 Å². The van der Waals surface area contributed by atoms with E-state index >= 15 is 0 Å². The summed E-state index contributed by atoms with van der Waals surface area (Å²) in [6.45, 7) is 3.91. The summed E-state index contributed by atoms with van der Waals surface area (Å²) >= 11 is 0. The SMILES string of the molecule is COc1ncccc1-c1ccc(O)c(-c2nc3ccc(C(=O)NC(CC(C)C)C(N)=O)cc3[nH]2)c1. The summed E-state index contributed by atoms with van der Waals surface area (Å²) in [6, 6.07) is 13.1. The minimum absolute atomic E-state index is 0.0478. The molecule has 0 saturated heterocycles. The normalized spacial score (nSPS) is 12.0. The molecule has 0 aliphatic rings. The third-order valence-corrected chi connectivity index (χ3v) is 5.63. The number of aromatic nitrogens is 3. The van der Waals surface area contributed by atoms with Crippen LogP contribution in [0.15, 0.2) is 54.7 Å². The highest BCUT2D eigenvalue weighted by Crippen LogP contribution is 2.35. The summed E-state index contributed by atoms with van der Waals surface area (Å²) in [5.41, 5.74) is 9.10. The highest BCUT2D eigenvalue weighted by molar-refractivity contribution is 6.00. The lowest BCUT2D eigenvalue weighted by Crippen LogP contribution is -2.45. The molecule has 4 rings (SSSR count). The Balaban J connectivity index is 1.66. The number of fused-ring (bicyclic) bond motifs is 1. The maximum atomic E-state index is 12.8. The fourth-order valence-electron chi connectivity index (χ4n) is 3.90. The number of nitrogens with one attached hydrogen (secondary N) is 2. The van der Waals surface area contributed by atoms with E-state index in [1.165, 1.54) is 0 Å². The monoisotopic (exact) mass is 473 g/mol. The van der Waals surface area contributed by atoms with E-state index < -0.39 is 17.9 Å². The van der Waals surface area contributed by atoms with Gasteiger partial charge in [0.2, 0.25) is 11.8 Å². The molecule has 5 N–H and O–H groups in total. The molecule has 0 radical (unpaired) electrons. The van der Waals surface area contributed by atoms with Crippen LogP contribution in [0.1, 0.15) is 30.6 Å². The minimum atomic E-state index is -0.750. The van der Waals surface area contributed by atoms with Crippen molar-refractivity contribution in [1.29, 1.82) is 0 Å².